The molecule has 0 spiro atoms. The number of nitrogens with one attached hydrogen (secondary N) is 1. The van der Waals surface area contributed by atoms with Crippen LogP contribution in [0.15, 0.2) is 60.7 Å². The maximum absolute atomic E-state index is 11.0. The fourth-order valence-corrected chi connectivity index (χ4v) is 3.63. The summed E-state index contributed by atoms with van der Waals surface area (Å²) in [5, 5.41) is 15.2. The summed E-state index contributed by atoms with van der Waals surface area (Å²) in [6.45, 7) is 4.29. The van der Waals surface area contributed by atoms with E-state index in [0.29, 0.717) is 5.56 Å². The highest BCUT2D eigenvalue weighted by Crippen LogP contribution is 2.32. The molecule has 3 aromatic carbocycles. The van der Waals surface area contributed by atoms with E-state index in [4.69, 9.17) is 5.11 Å². The zero-order valence-electron chi connectivity index (χ0n) is 14.9. The second-order valence-electron chi connectivity index (χ2n) is 6.94. The molecule has 0 radical (unpaired) electrons. The maximum Gasteiger partial charge on any atom is 0.335 e. The van der Waals surface area contributed by atoms with Crippen molar-refractivity contribution in [3.8, 4) is 0 Å². The number of hydrogen-bond donors (Lipinski definition) is 2. The lowest BCUT2D eigenvalue weighted by molar-refractivity contribution is 0.0697. The second-order valence-corrected chi connectivity index (χ2v) is 6.94. The van der Waals surface area contributed by atoms with E-state index in [9.17, 15) is 4.79 Å². The molecule has 26 heavy (non-hydrogen) atoms. The van der Waals surface area contributed by atoms with E-state index in [1.165, 1.54) is 27.5 Å². The first-order valence-corrected chi connectivity index (χ1v) is 8.83. The molecule has 1 unspecified atom stereocenters. The van der Waals surface area contributed by atoms with Crippen molar-refractivity contribution in [3.63, 3.8) is 0 Å². The van der Waals surface area contributed by atoms with E-state index in [-0.39, 0.29) is 6.04 Å². The SMILES string of the molecule is Cc1ccc(C)c2cc(C3=CCC(c4ccc(C(=O)O)cc4)N3)ccc12. The molecule has 3 nitrogen and oxygen atoms in total. The molecule has 0 fully saturated rings. The van der Waals surface area contributed by atoms with E-state index in [1.54, 1.807) is 12.1 Å². The minimum Gasteiger partial charge on any atom is -0.478 e. The number of carboxylic acid groups (broad SMARTS) is 1. The molecular weight excluding hydrogens is 322 g/mol. The van der Waals surface area contributed by atoms with Crippen LogP contribution in [0.25, 0.3) is 16.5 Å². The Morgan fingerprint density at radius 1 is 0.962 bits per heavy atom. The van der Waals surface area contributed by atoms with Gasteiger partial charge in [-0.15, -0.1) is 0 Å². The Labute approximate surface area is 153 Å². The summed E-state index contributed by atoms with van der Waals surface area (Å²) in [6.07, 6.45) is 3.12. The van der Waals surface area contributed by atoms with Gasteiger partial charge in [-0.25, -0.2) is 4.79 Å². The quantitative estimate of drug-likeness (QED) is 0.684. The van der Waals surface area contributed by atoms with Gasteiger partial charge in [0.15, 0.2) is 0 Å². The highest BCUT2D eigenvalue weighted by atomic mass is 16.4. The minimum atomic E-state index is -0.892. The van der Waals surface area contributed by atoms with Gasteiger partial charge in [0.25, 0.3) is 0 Å². The summed E-state index contributed by atoms with van der Waals surface area (Å²) in [5.74, 6) is -0.892. The second kappa shape index (κ2) is 6.34. The molecule has 3 heteroatoms. The minimum absolute atomic E-state index is 0.183. The van der Waals surface area contributed by atoms with Gasteiger partial charge < -0.3 is 10.4 Å². The third kappa shape index (κ3) is 2.86. The highest BCUT2D eigenvalue weighted by Gasteiger charge is 2.19. The summed E-state index contributed by atoms with van der Waals surface area (Å²) in [4.78, 5) is 11.0. The molecule has 1 aliphatic rings. The molecule has 130 valence electrons. The van der Waals surface area contributed by atoms with Gasteiger partial charge in [-0.2, -0.15) is 0 Å². The van der Waals surface area contributed by atoms with Crippen LogP contribution in [0, 0.1) is 13.8 Å². The largest absolute Gasteiger partial charge is 0.478 e. The van der Waals surface area contributed by atoms with Gasteiger partial charge in [-0.3, -0.25) is 0 Å². The molecule has 4 rings (SSSR count). The van der Waals surface area contributed by atoms with E-state index < -0.39 is 5.97 Å². The molecule has 1 heterocycles. The van der Waals surface area contributed by atoms with Crippen molar-refractivity contribution in [1.29, 1.82) is 0 Å². The van der Waals surface area contributed by atoms with Gasteiger partial charge >= 0.3 is 5.97 Å². The van der Waals surface area contributed by atoms with Gasteiger partial charge in [0.05, 0.1) is 11.6 Å². The summed E-state index contributed by atoms with van der Waals surface area (Å²) in [7, 11) is 0. The van der Waals surface area contributed by atoms with Gasteiger partial charge in [-0.1, -0.05) is 42.5 Å². The number of carbonyl (C=O) groups is 1. The number of fused-ring (bicyclic) bond motifs is 1. The molecule has 1 atom stereocenters. The predicted molar refractivity (Wildman–Crippen MR) is 105 cm³/mol. The summed E-state index contributed by atoms with van der Waals surface area (Å²) in [6, 6.07) is 18.3. The fourth-order valence-electron chi connectivity index (χ4n) is 3.63. The first kappa shape index (κ1) is 16.4. The third-order valence-corrected chi connectivity index (χ3v) is 5.21. The molecule has 3 aromatic rings. The molecule has 0 amide bonds. The van der Waals surface area contributed by atoms with Crippen LogP contribution in [-0.4, -0.2) is 11.1 Å². The van der Waals surface area contributed by atoms with Crippen LogP contribution in [0.2, 0.25) is 0 Å². The van der Waals surface area contributed by atoms with E-state index in [1.807, 2.05) is 12.1 Å². The van der Waals surface area contributed by atoms with Gasteiger partial charge in [-0.05, 0) is 71.5 Å². The fraction of sp³-hybridized carbons (Fsp3) is 0.174. The number of rotatable bonds is 3. The molecule has 0 aliphatic carbocycles. The Morgan fingerprint density at radius 2 is 1.65 bits per heavy atom. The van der Waals surface area contributed by atoms with Crippen LogP contribution in [-0.2, 0) is 0 Å². The van der Waals surface area contributed by atoms with Crippen molar-refractivity contribution in [1.82, 2.24) is 5.32 Å². The van der Waals surface area contributed by atoms with Crippen molar-refractivity contribution < 1.29 is 9.90 Å². The monoisotopic (exact) mass is 343 g/mol. The Kier molecular flexibility index (Phi) is 4.00. The molecule has 0 saturated heterocycles. The van der Waals surface area contributed by atoms with Crippen molar-refractivity contribution >= 4 is 22.4 Å². The smallest absolute Gasteiger partial charge is 0.335 e. The Morgan fingerprint density at radius 3 is 2.35 bits per heavy atom. The topological polar surface area (TPSA) is 49.3 Å². The third-order valence-electron chi connectivity index (χ3n) is 5.21. The Hall–Kier alpha value is -3.07. The van der Waals surface area contributed by atoms with Crippen LogP contribution in [0.4, 0.5) is 0 Å². The average molecular weight is 343 g/mol. The van der Waals surface area contributed by atoms with Crippen LogP contribution in [0.5, 0.6) is 0 Å². The van der Waals surface area contributed by atoms with E-state index >= 15 is 0 Å². The standard InChI is InChI=1S/C23H21NO2/c1-14-3-4-15(2)20-13-18(9-10-19(14)20)22-12-11-21(24-22)16-5-7-17(8-6-16)23(25)26/h3-10,12-13,21,24H,11H2,1-2H3,(H,25,26). The maximum atomic E-state index is 11.0. The number of hydrogen-bond acceptors (Lipinski definition) is 2. The molecule has 0 bridgehead atoms. The molecule has 1 aliphatic heterocycles. The zero-order chi connectivity index (χ0) is 18.3. The average Bonchev–Trinajstić information content (AvgIpc) is 3.15. The number of carboxylic acids is 1. The van der Waals surface area contributed by atoms with Crippen LogP contribution < -0.4 is 5.32 Å². The molecule has 2 N–H and O–H groups in total. The number of benzene rings is 3. The Balaban J connectivity index is 1.59. The normalized spacial score (nSPS) is 16.4. The van der Waals surface area contributed by atoms with Gasteiger partial charge in [0, 0.05) is 5.70 Å². The van der Waals surface area contributed by atoms with Crippen molar-refractivity contribution in [2.75, 3.05) is 0 Å². The van der Waals surface area contributed by atoms with E-state index in [0.717, 1.165) is 17.7 Å². The zero-order valence-corrected chi connectivity index (χ0v) is 14.9. The van der Waals surface area contributed by atoms with Crippen molar-refractivity contribution in [2.24, 2.45) is 0 Å². The summed E-state index contributed by atoms with van der Waals surface area (Å²) in [5.41, 5.74) is 6.33. The summed E-state index contributed by atoms with van der Waals surface area (Å²) < 4.78 is 0. The van der Waals surface area contributed by atoms with Crippen molar-refractivity contribution in [3.05, 3.63) is 88.5 Å². The van der Waals surface area contributed by atoms with E-state index in [2.05, 4.69) is 55.6 Å². The van der Waals surface area contributed by atoms with Crippen LogP contribution >= 0.6 is 0 Å². The predicted octanol–water partition coefficient (Wildman–Crippen LogP) is 5.23. The molecule has 0 aromatic heterocycles. The summed E-state index contributed by atoms with van der Waals surface area (Å²) >= 11 is 0. The number of aromatic carboxylic acids is 1. The van der Waals surface area contributed by atoms with Crippen LogP contribution in [0.3, 0.4) is 0 Å². The lowest BCUT2D eigenvalue weighted by Gasteiger charge is -2.15. The lowest BCUT2D eigenvalue weighted by Crippen LogP contribution is -2.14. The number of aryl methyl sites for hydroxylation is 2. The molecule has 0 saturated carbocycles. The van der Waals surface area contributed by atoms with Gasteiger partial charge in [0.2, 0.25) is 0 Å². The van der Waals surface area contributed by atoms with Crippen LogP contribution in [0.1, 0.15) is 45.1 Å². The highest BCUT2D eigenvalue weighted by molar-refractivity contribution is 5.91. The molecular formula is C23H21NO2. The first-order chi connectivity index (χ1) is 12.5. The first-order valence-electron chi connectivity index (χ1n) is 8.83. The Bertz CT molecular complexity index is 1030. The lowest BCUT2D eigenvalue weighted by atomic mass is 9.98. The van der Waals surface area contributed by atoms with Gasteiger partial charge in [0.1, 0.15) is 0 Å². The van der Waals surface area contributed by atoms with Crippen molar-refractivity contribution in [2.45, 2.75) is 26.3 Å².